The van der Waals surface area contributed by atoms with Crippen LogP contribution in [0.2, 0.25) is 0 Å². The lowest BCUT2D eigenvalue weighted by Gasteiger charge is -2.16. The van der Waals surface area contributed by atoms with Gasteiger partial charge in [-0.15, -0.1) is 0 Å². The van der Waals surface area contributed by atoms with Gasteiger partial charge in [0, 0.05) is 22.0 Å². The van der Waals surface area contributed by atoms with Gasteiger partial charge in [0.05, 0.1) is 6.04 Å². The number of hydrogen-bond donors (Lipinski definition) is 1. The summed E-state index contributed by atoms with van der Waals surface area (Å²) in [6.45, 7) is 1.78. The number of fused-ring (bicyclic) bond motifs is 1. The van der Waals surface area contributed by atoms with Gasteiger partial charge in [-0.2, -0.15) is 0 Å². The Labute approximate surface area is 152 Å². The number of hydrogen-bond acceptors (Lipinski definition) is 4. The summed E-state index contributed by atoms with van der Waals surface area (Å²) >= 11 is 3.47. The van der Waals surface area contributed by atoms with Crippen LogP contribution in [0.15, 0.2) is 68.3 Å². The van der Waals surface area contributed by atoms with Crippen molar-refractivity contribution in [3.05, 3.63) is 75.1 Å². The summed E-state index contributed by atoms with van der Waals surface area (Å²) in [7, 11) is 0. The Kier molecular flexibility index (Phi) is 5.19. The minimum absolute atomic E-state index is 0.128. The van der Waals surface area contributed by atoms with Gasteiger partial charge in [-0.1, -0.05) is 34.1 Å². The maximum absolute atomic E-state index is 12.1. The van der Waals surface area contributed by atoms with Crippen molar-refractivity contribution < 1.29 is 13.9 Å². The van der Waals surface area contributed by atoms with Crippen LogP contribution in [-0.4, -0.2) is 12.5 Å². The molecule has 5 nitrogen and oxygen atoms in total. The standard InChI is InChI=1S/C19H16BrNO4/c1-12(15-4-2-3-5-16(15)20)21-18(22)11-24-14-8-6-13-7-9-19(23)25-17(13)10-14/h2-10,12H,11H2,1H3,(H,21,22)/t12-/m1/s1. The molecule has 25 heavy (non-hydrogen) atoms. The van der Waals surface area contributed by atoms with Gasteiger partial charge in [0.15, 0.2) is 6.61 Å². The summed E-state index contributed by atoms with van der Waals surface area (Å²) in [6, 6.07) is 15.7. The topological polar surface area (TPSA) is 68.5 Å². The highest BCUT2D eigenvalue weighted by Gasteiger charge is 2.12. The van der Waals surface area contributed by atoms with E-state index in [0.717, 1.165) is 15.4 Å². The Morgan fingerprint density at radius 2 is 1.96 bits per heavy atom. The van der Waals surface area contributed by atoms with E-state index in [1.54, 1.807) is 24.3 Å². The van der Waals surface area contributed by atoms with Crippen LogP contribution in [0.25, 0.3) is 11.0 Å². The third-order valence-electron chi connectivity index (χ3n) is 3.71. The summed E-state index contributed by atoms with van der Waals surface area (Å²) in [5, 5.41) is 3.68. The first kappa shape index (κ1) is 17.2. The molecule has 0 spiro atoms. The number of carbonyl (C=O) groups excluding carboxylic acids is 1. The molecule has 0 saturated heterocycles. The zero-order valence-electron chi connectivity index (χ0n) is 13.5. The lowest BCUT2D eigenvalue weighted by atomic mass is 10.1. The number of carbonyl (C=O) groups is 1. The van der Waals surface area contributed by atoms with Crippen molar-refractivity contribution in [2.45, 2.75) is 13.0 Å². The Balaban J connectivity index is 1.62. The van der Waals surface area contributed by atoms with Crippen molar-refractivity contribution >= 4 is 32.8 Å². The molecule has 0 unspecified atom stereocenters. The van der Waals surface area contributed by atoms with E-state index in [-0.39, 0.29) is 18.6 Å². The van der Waals surface area contributed by atoms with E-state index in [1.165, 1.54) is 6.07 Å². The van der Waals surface area contributed by atoms with Crippen LogP contribution >= 0.6 is 15.9 Å². The fourth-order valence-corrected chi connectivity index (χ4v) is 3.09. The molecule has 0 bridgehead atoms. The predicted octanol–water partition coefficient (Wildman–Crippen LogP) is 3.81. The lowest BCUT2D eigenvalue weighted by Crippen LogP contribution is -2.31. The van der Waals surface area contributed by atoms with Crippen LogP contribution in [0.1, 0.15) is 18.5 Å². The molecule has 0 aliphatic rings. The molecule has 0 aliphatic carbocycles. The van der Waals surface area contributed by atoms with Crippen molar-refractivity contribution in [3.63, 3.8) is 0 Å². The predicted molar refractivity (Wildman–Crippen MR) is 98.7 cm³/mol. The zero-order valence-corrected chi connectivity index (χ0v) is 15.1. The van der Waals surface area contributed by atoms with E-state index in [9.17, 15) is 9.59 Å². The van der Waals surface area contributed by atoms with Crippen molar-refractivity contribution in [1.29, 1.82) is 0 Å². The molecule has 1 atom stereocenters. The third-order valence-corrected chi connectivity index (χ3v) is 4.44. The lowest BCUT2D eigenvalue weighted by molar-refractivity contribution is -0.123. The van der Waals surface area contributed by atoms with E-state index in [4.69, 9.17) is 9.15 Å². The second-order valence-electron chi connectivity index (χ2n) is 5.55. The minimum Gasteiger partial charge on any atom is -0.484 e. The molecular weight excluding hydrogens is 386 g/mol. The van der Waals surface area contributed by atoms with Gasteiger partial charge in [-0.3, -0.25) is 4.79 Å². The van der Waals surface area contributed by atoms with Crippen LogP contribution in [0.4, 0.5) is 0 Å². The molecule has 1 N–H and O–H groups in total. The highest BCUT2D eigenvalue weighted by molar-refractivity contribution is 9.10. The summed E-state index contributed by atoms with van der Waals surface area (Å²) < 4.78 is 11.5. The monoisotopic (exact) mass is 401 g/mol. The van der Waals surface area contributed by atoms with E-state index >= 15 is 0 Å². The second kappa shape index (κ2) is 7.53. The summed E-state index contributed by atoms with van der Waals surface area (Å²) in [4.78, 5) is 23.4. The molecule has 1 heterocycles. The van der Waals surface area contributed by atoms with Crippen LogP contribution in [0.3, 0.4) is 0 Å². The number of nitrogens with one attached hydrogen (secondary N) is 1. The molecular formula is C19H16BrNO4. The molecule has 0 aliphatic heterocycles. The molecule has 0 fully saturated rings. The second-order valence-corrected chi connectivity index (χ2v) is 6.41. The molecule has 3 rings (SSSR count). The Morgan fingerprint density at radius 3 is 2.76 bits per heavy atom. The van der Waals surface area contributed by atoms with Crippen molar-refractivity contribution in [3.8, 4) is 5.75 Å². The van der Waals surface area contributed by atoms with Crippen molar-refractivity contribution in [2.75, 3.05) is 6.61 Å². The third kappa shape index (κ3) is 4.28. The summed E-state index contributed by atoms with van der Waals surface area (Å²) in [5.41, 5.74) is 0.986. The Bertz CT molecular complexity index is 967. The molecule has 1 amide bonds. The molecule has 0 saturated carbocycles. The number of amides is 1. The van der Waals surface area contributed by atoms with E-state index < -0.39 is 5.63 Å². The van der Waals surface area contributed by atoms with Gasteiger partial charge >= 0.3 is 5.63 Å². The van der Waals surface area contributed by atoms with Crippen LogP contribution < -0.4 is 15.7 Å². The van der Waals surface area contributed by atoms with Gasteiger partial charge in [-0.05, 0) is 36.8 Å². The highest BCUT2D eigenvalue weighted by atomic mass is 79.9. The molecule has 6 heteroatoms. The summed E-state index contributed by atoms with van der Waals surface area (Å²) in [6.07, 6.45) is 0. The zero-order chi connectivity index (χ0) is 17.8. The van der Waals surface area contributed by atoms with Crippen molar-refractivity contribution in [2.24, 2.45) is 0 Å². The summed E-state index contributed by atoms with van der Waals surface area (Å²) in [5.74, 6) is 0.225. The maximum atomic E-state index is 12.1. The van der Waals surface area contributed by atoms with Gasteiger partial charge < -0.3 is 14.5 Å². The number of rotatable bonds is 5. The number of ether oxygens (including phenoxy) is 1. The van der Waals surface area contributed by atoms with Crippen LogP contribution in [0.5, 0.6) is 5.75 Å². The number of halogens is 1. The average molecular weight is 402 g/mol. The van der Waals surface area contributed by atoms with Gasteiger partial charge in [0.2, 0.25) is 0 Å². The van der Waals surface area contributed by atoms with E-state index in [1.807, 2.05) is 31.2 Å². The molecule has 1 aromatic heterocycles. The normalized spacial score (nSPS) is 11.9. The first-order chi connectivity index (χ1) is 12.0. The fraction of sp³-hybridized carbons (Fsp3) is 0.158. The molecule has 3 aromatic rings. The highest BCUT2D eigenvalue weighted by Crippen LogP contribution is 2.23. The van der Waals surface area contributed by atoms with Gasteiger partial charge in [0.1, 0.15) is 11.3 Å². The Hall–Kier alpha value is -2.60. The minimum atomic E-state index is -0.426. The van der Waals surface area contributed by atoms with Crippen molar-refractivity contribution in [1.82, 2.24) is 5.32 Å². The van der Waals surface area contributed by atoms with E-state index in [2.05, 4.69) is 21.2 Å². The molecule has 0 radical (unpaired) electrons. The maximum Gasteiger partial charge on any atom is 0.336 e. The molecule has 128 valence electrons. The van der Waals surface area contributed by atoms with Gasteiger partial charge in [-0.25, -0.2) is 4.79 Å². The largest absolute Gasteiger partial charge is 0.484 e. The number of benzene rings is 2. The first-order valence-electron chi connectivity index (χ1n) is 7.73. The van der Waals surface area contributed by atoms with Crippen LogP contribution in [-0.2, 0) is 4.79 Å². The van der Waals surface area contributed by atoms with Gasteiger partial charge in [0.25, 0.3) is 5.91 Å². The SMILES string of the molecule is C[C@@H](NC(=O)COc1ccc2ccc(=O)oc2c1)c1ccccc1Br. The smallest absolute Gasteiger partial charge is 0.336 e. The Morgan fingerprint density at radius 1 is 1.20 bits per heavy atom. The molecule has 2 aromatic carbocycles. The van der Waals surface area contributed by atoms with Crippen LogP contribution in [0, 0.1) is 0 Å². The average Bonchev–Trinajstić information content (AvgIpc) is 2.59. The fourth-order valence-electron chi connectivity index (χ4n) is 2.47. The quantitative estimate of drug-likeness (QED) is 0.659. The van der Waals surface area contributed by atoms with E-state index in [0.29, 0.717) is 11.3 Å². The first-order valence-corrected chi connectivity index (χ1v) is 8.53.